The first-order chi connectivity index (χ1) is 18.2. The van der Waals surface area contributed by atoms with Crippen LogP contribution in [0.15, 0.2) is 130 Å². The molecule has 0 aliphatic carbocycles. The summed E-state index contributed by atoms with van der Waals surface area (Å²) < 4.78 is 3.03. The van der Waals surface area contributed by atoms with Crippen molar-refractivity contribution in [1.29, 1.82) is 0 Å². The molecule has 1 aliphatic rings. The summed E-state index contributed by atoms with van der Waals surface area (Å²) in [6, 6.07) is 37.8. The maximum Gasteiger partial charge on any atom is 0.0981 e. The van der Waals surface area contributed by atoms with Crippen LogP contribution in [0.2, 0.25) is 0 Å². The summed E-state index contributed by atoms with van der Waals surface area (Å²) in [6.45, 7) is 0. The van der Waals surface area contributed by atoms with Gasteiger partial charge in [-0.3, -0.25) is 5.01 Å². The SMILES string of the molecule is CSc1ccc(C2=NN(c3ccccc3)C(c3cn(-c4ccccc4)nc3-c3ccc(Br)cc3)C2)cc1. The van der Waals surface area contributed by atoms with E-state index in [-0.39, 0.29) is 6.04 Å². The van der Waals surface area contributed by atoms with E-state index in [0.717, 1.165) is 50.4 Å². The lowest BCUT2D eigenvalue weighted by Crippen LogP contribution is -2.18. The smallest absolute Gasteiger partial charge is 0.0981 e. The molecule has 0 fully saturated rings. The zero-order valence-corrected chi connectivity index (χ0v) is 22.7. The van der Waals surface area contributed by atoms with E-state index in [1.807, 2.05) is 28.9 Å². The Morgan fingerprint density at radius 3 is 2.03 bits per heavy atom. The predicted octanol–water partition coefficient (Wildman–Crippen LogP) is 8.38. The third-order valence-electron chi connectivity index (χ3n) is 6.59. The molecule has 0 saturated heterocycles. The Kier molecular flexibility index (Phi) is 6.68. The van der Waals surface area contributed by atoms with Gasteiger partial charge in [0.1, 0.15) is 0 Å². The molecule has 6 heteroatoms. The van der Waals surface area contributed by atoms with Crippen LogP contribution in [0.1, 0.15) is 23.6 Å². The zero-order valence-electron chi connectivity index (χ0n) is 20.3. The van der Waals surface area contributed by atoms with Gasteiger partial charge in [-0.05, 0) is 60.4 Å². The van der Waals surface area contributed by atoms with Crippen LogP contribution >= 0.6 is 27.7 Å². The molecule has 37 heavy (non-hydrogen) atoms. The second-order valence-electron chi connectivity index (χ2n) is 8.90. The van der Waals surface area contributed by atoms with Crippen molar-refractivity contribution in [3.8, 4) is 16.9 Å². The molecule has 0 radical (unpaired) electrons. The van der Waals surface area contributed by atoms with Gasteiger partial charge in [-0.25, -0.2) is 4.68 Å². The molecule has 182 valence electrons. The standard InChI is InChI=1S/C31H25BrN4S/c1-37-27-18-14-22(15-19-27)29-20-30(36(33-29)26-10-6-3-7-11-26)28-21-35(25-8-4-2-5-9-25)34-31(28)23-12-16-24(32)17-13-23/h2-19,21,30H,20H2,1H3. The molecule has 0 bridgehead atoms. The van der Waals surface area contributed by atoms with Gasteiger partial charge in [0.05, 0.1) is 28.8 Å². The molecule has 0 saturated carbocycles. The van der Waals surface area contributed by atoms with Gasteiger partial charge < -0.3 is 0 Å². The van der Waals surface area contributed by atoms with Gasteiger partial charge in [0.25, 0.3) is 0 Å². The van der Waals surface area contributed by atoms with Crippen molar-refractivity contribution in [1.82, 2.24) is 9.78 Å². The third-order valence-corrected chi connectivity index (χ3v) is 7.87. The van der Waals surface area contributed by atoms with E-state index in [9.17, 15) is 0 Å². The minimum Gasteiger partial charge on any atom is -0.257 e. The maximum atomic E-state index is 5.17. The van der Waals surface area contributed by atoms with E-state index < -0.39 is 0 Å². The first kappa shape index (κ1) is 23.8. The number of benzene rings is 4. The summed E-state index contributed by atoms with van der Waals surface area (Å²) in [5.74, 6) is 0. The average molecular weight is 566 g/mol. The fourth-order valence-electron chi connectivity index (χ4n) is 4.71. The van der Waals surface area contributed by atoms with Gasteiger partial charge in [-0.15, -0.1) is 11.8 Å². The van der Waals surface area contributed by atoms with Gasteiger partial charge in [0.2, 0.25) is 0 Å². The maximum absolute atomic E-state index is 5.17. The van der Waals surface area contributed by atoms with Gasteiger partial charge in [-0.2, -0.15) is 10.2 Å². The molecule has 1 unspecified atom stereocenters. The van der Waals surface area contributed by atoms with Crippen molar-refractivity contribution in [2.24, 2.45) is 5.10 Å². The molecule has 4 aromatic carbocycles. The summed E-state index contributed by atoms with van der Waals surface area (Å²) >= 11 is 5.33. The highest BCUT2D eigenvalue weighted by Gasteiger charge is 2.33. The van der Waals surface area contributed by atoms with Crippen LogP contribution in [0, 0.1) is 0 Å². The zero-order chi connectivity index (χ0) is 25.2. The Morgan fingerprint density at radius 2 is 1.38 bits per heavy atom. The van der Waals surface area contributed by atoms with Gasteiger partial charge >= 0.3 is 0 Å². The molecule has 1 aromatic heterocycles. The number of para-hydroxylation sites is 2. The fourth-order valence-corrected chi connectivity index (χ4v) is 5.38. The molecule has 4 nitrogen and oxygen atoms in total. The molecule has 2 heterocycles. The predicted molar refractivity (Wildman–Crippen MR) is 158 cm³/mol. The van der Waals surface area contributed by atoms with Crippen molar-refractivity contribution < 1.29 is 0 Å². The Hall–Kier alpha value is -3.61. The number of hydrogen-bond donors (Lipinski definition) is 0. The number of rotatable bonds is 6. The molecular formula is C31H25BrN4S. The van der Waals surface area contributed by atoms with E-state index >= 15 is 0 Å². The highest BCUT2D eigenvalue weighted by molar-refractivity contribution is 9.10. The largest absolute Gasteiger partial charge is 0.257 e. The topological polar surface area (TPSA) is 33.4 Å². The van der Waals surface area contributed by atoms with Crippen LogP contribution < -0.4 is 5.01 Å². The van der Waals surface area contributed by atoms with Crippen LogP contribution in [-0.2, 0) is 0 Å². The second-order valence-corrected chi connectivity index (χ2v) is 10.7. The second kappa shape index (κ2) is 10.4. The van der Waals surface area contributed by atoms with E-state index in [1.54, 1.807) is 11.8 Å². The van der Waals surface area contributed by atoms with Crippen molar-refractivity contribution in [2.75, 3.05) is 11.3 Å². The van der Waals surface area contributed by atoms with Crippen LogP contribution in [0.4, 0.5) is 5.69 Å². The first-order valence-electron chi connectivity index (χ1n) is 12.2. The number of halogens is 1. The molecule has 5 aromatic rings. The van der Waals surface area contributed by atoms with Crippen molar-refractivity contribution in [3.05, 3.63) is 131 Å². The highest BCUT2D eigenvalue weighted by atomic mass is 79.9. The average Bonchev–Trinajstić information content (AvgIpc) is 3.60. The number of aromatic nitrogens is 2. The van der Waals surface area contributed by atoms with E-state index in [4.69, 9.17) is 10.2 Å². The third kappa shape index (κ3) is 4.87. The first-order valence-corrected chi connectivity index (χ1v) is 14.2. The number of hydrogen-bond acceptors (Lipinski definition) is 4. The Morgan fingerprint density at radius 1 is 0.757 bits per heavy atom. The normalized spacial score (nSPS) is 15.1. The number of nitrogens with zero attached hydrogens (tertiary/aromatic N) is 4. The molecule has 6 rings (SSSR count). The molecule has 0 spiro atoms. The molecule has 0 amide bonds. The van der Waals surface area contributed by atoms with E-state index in [2.05, 4.69) is 118 Å². The Balaban J connectivity index is 1.48. The van der Waals surface area contributed by atoms with Gasteiger partial charge in [0.15, 0.2) is 0 Å². The van der Waals surface area contributed by atoms with Crippen LogP contribution in [0.5, 0.6) is 0 Å². The summed E-state index contributed by atoms with van der Waals surface area (Å²) in [5.41, 5.74) is 7.53. The lowest BCUT2D eigenvalue weighted by molar-refractivity contribution is 0.709. The molecule has 1 aliphatic heterocycles. The molecule has 1 atom stereocenters. The lowest BCUT2D eigenvalue weighted by atomic mass is 9.96. The minimum absolute atomic E-state index is 0.00809. The molecule has 0 N–H and O–H groups in total. The molecular weight excluding hydrogens is 540 g/mol. The van der Waals surface area contributed by atoms with Crippen LogP contribution in [-0.4, -0.2) is 21.7 Å². The summed E-state index contributed by atoms with van der Waals surface area (Å²) in [6.07, 6.45) is 5.06. The van der Waals surface area contributed by atoms with Gasteiger partial charge in [0, 0.05) is 33.1 Å². The summed E-state index contributed by atoms with van der Waals surface area (Å²) in [5, 5.41) is 12.4. The quantitative estimate of drug-likeness (QED) is 0.194. The Bertz CT molecular complexity index is 1530. The number of anilines is 1. The lowest BCUT2D eigenvalue weighted by Gasteiger charge is -2.23. The minimum atomic E-state index is 0.00809. The fraction of sp³-hybridized carbons (Fsp3) is 0.0968. The number of thioether (sulfide) groups is 1. The van der Waals surface area contributed by atoms with E-state index in [0.29, 0.717) is 0 Å². The van der Waals surface area contributed by atoms with Crippen molar-refractivity contribution in [2.45, 2.75) is 17.4 Å². The van der Waals surface area contributed by atoms with Crippen molar-refractivity contribution >= 4 is 39.1 Å². The monoisotopic (exact) mass is 564 g/mol. The van der Waals surface area contributed by atoms with Crippen LogP contribution in [0.25, 0.3) is 16.9 Å². The van der Waals surface area contributed by atoms with Crippen molar-refractivity contribution in [3.63, 3.8) is 0 Å². The summed E-state index contributed by atoms with van der Waals surface area (Å²) in [4.78, 5) is 1.25. The Labute approximate surface area is 229 Å². The summed E-state index contributed by atoms with van der Waals surface area (Å²) in [7, 11) is 0. The highest BCUT2D eigenvalue weighted by Crippen LogP contribution is 2.41. The van der Waals surface area contributed by atoms with Crippen LogP contribution in [0.3, 0.4) is 0 Å². The van der Waals surface area contributed by atoms with Gasteiger partial charge in [-0.1, -0.05) is 76.6 Å². The number of hydrazone groups is 1. The van der Waals surface area contributed by atoms with E-state index in [1.165, 1.54) is 4.90 Å².